The highest BCUT2D eigenvalue weighted by atomic mass is 32.1. The summed E-state index contributed by atoms with van der Waals surface area (Å²) in [6.45, 7) is 0. The third-order valence-electron chi connectivity index (χ3n) is 2.76. The van der Waals surface area contributed by atoms with Gasteiger partial charge in [-0.2, -0.15) is 0 Å². The molecule has 3 rings (SSSR count). The lowest BCUT2D eigenvalue weighted by Gasteiger charge is -2.02. The van der Waals surface area contributed by atoms with Crippen LogP contribution >= 0.6 is 11.3 Å². The molecule has 0 radical (unpaired) electrons. The predicted octanol–water partition coefficient (Wildman–Crippen LogP) is 4.13. The van der Waals surface area contributed by atoms with Gasteiger partial charge in [-0.25, -0.2) is 0 Å². The molecule has 0 spiro atoms. The first-order valence-electron chi connectivity index (χ1n) is 5.42. The van der Waals surface area contributed by atoms with E-state index in [-0.39, 0.29) is 5.78 Å². The highest BCUT2D eigenvalue weighted by molar-refractivity contribution is 7.17. The first-order valence-corrected chi connectivity index (χ1v) is 6.30. The minimum Gasteiger partial charge on any atom is -0.289 e. The Morgan fingerprint density at radius 2 is 1.71 bits per heavy atom. The molecule has 0 unspecified atom stereocenters. The molecule has 0 amide bonds. The summed E-state index contributed by atoms with van der Waals surface area (Å²) in [4.78, 5) is 12.4. The summed E-state index contributed by atoms with van der Waals surface area (Å²) in [7, 11) is 0. The number of thiophene rings is 1. The van der Waals surface area contributed by atoms with Crippen LogP contribution in [0.2, 0.25) is 0 Å². The minimum absolute atomic E-state index is 0.0960. The van der Waals surface area contributed by atoms with Gasteiger partial charge in [-0.1, -0.05) is 42.5 Å². The van der Waals surface area contributed by atoms with E-state index in [9.17, 15) is 4.79 Å². The molecule has 0 aliphatic carbocycles. The van der Waals surface area contributed by atoms with Crippen LogP contribution in [0.4, 0.5) is 0 Å². The van der Waals surface area contributed by atoms with E-state index in [0.29, 0.717) is 0 Å². The van der Waals surface area contributed by atoms with Crippen molar-refractivity contribution in [3.8, 4) is 0 Å². The van der Waals surface area contributed by atoms with Crippen molar-refractivity contribution in [2.75, 3.05) is 0 Å². The third-order valence-corrected chi connectivity index (χ3v) is 3.72. The summed E-state index contributed by atoms with van der Waals surface area (Å²) in [5.74, 6) is 0.0960. The van der Waals surface area contributed by atoms with Crippen molar-refractivity contribution in [2.24, 2.45) is 0 Å². The highest BCUT2D eigenvalue weighted by Crippen LogP contribution is 2.26. The molecule has 0 saturated carbocycles. The molecule has 0 N–H and O–H groups in total. The van der Waals surface area contributed by atoms with Gasteiger partial charge in [0, 0.05) is 15.8 Å². The summed E-state index contributed by atoms with van der Waals surface area (Å²) >= 11 is 1.62. The Morgan fingerprint density at radius 3 is 2.53 bits per heavy atom. The van der Waals surface area contributed by atoms with Crippen molar-refractivity contribution >= 4 is 27.2 Å². The van der Waals surface area contributed by atoms with Crippen LogP contribution in [-0.4, -0.2) is 5.78 Å². The van der Waals surface area contributed by atoms with Gasteiger partial charge in [0.15, 0.2) is 5.78 Å². The van der Waals surface area contributed by atoms with E-state index in [1.54, 1.807) is 11.3 Å². The number of carbonyl (C=O) groups excluding carboxylic acids is 1. The number of hydrogen-bond donors (Lipinski definition) is 0. The molecule has 1 nitrogen and oxygen atoms in total. The molecule has 0 aliphatic rings. The van der Waals surface area contributed by atoms with Gasteiger partial charge in [0.1, 0.15) is 0 Å². The number of rotatable bonds is 2. The van der Waals surface area contributed by atoms with E-state index < -0.39 is 0 Å². The van der Waals surface area contributed by atoms with E-state index in [4.69, 9.17) is 0 Å². The quantitative estimate of drug-likeness (QED) is 0.613. The SMILES string of the molecule is O=C(c1ccccc1)c1cccc2ccsc12. The lowest BCUT2D eigenvalue weighted by Crippen LogP contribution is -2.00. The van der Waals surface area contributed by atoms with Gasteiger partial charge >= 0.3 is 0 Å². The van der Waals surface area contributed by atoms with Gasteiger partial charge < -0.3 is 0 Å². The molecule has 2 heteroatoms. The molecular formula is C15H10OS. The lowest BCUT2D eigenvalue weighted by molar-refractivity contribution is 0.104. The van der Waals surface area contributed by atoms with Crippen LogP contribution in [0.1, 0.15) is 15.9 Å². The smallest absolute Gasteiger partial charge is 0.194 e. The van der Waals surface area contributed by atoms with Crippen LogP contribution < -0.4 is 0 Å². The highest BCUT2D eigenvalue weighted by Gasteiger charge is 2.12. The van der Waals surface area contributed by atoms with Gasteiger partial charge in [-0.3, -0.25) is 4.79 Å². The maximum absolute atomic E-state index is 12.4. The number of fused-ring (bicyclic) bond motifs is 1. The van der Waals surface area contributed by atoms with Crippen molar-refractivity contribution in [1.29, 1.82) is 0 Å². The van der Waals surface area contributed by atoms with Crippen molar-refractivity contribution in [2.45, 2.75) is 0 Å². The maximum atomic E-state index is 12.4. The van der Waals surface area contributed by atoms with E-state index in [2.05, 4.69) is 0 Å². The maximum Gasteiger partial charge on any atom is 0.194 e. The Morgan fingerprint density at radius 1 is 0.882 bits per heavy atom. The zero-order chi connectivity index (χ0) is 11.7. The molecule has 0 bridgehead atoms. The van der Waals surface area contributed by atoms with Crippen LogP contribution in [0.5, 0.6) is 0 Å². The summed E-state index contributed by atoms with van der Waals surface area (Å²) in [5.41, 5.74) is 1.54. The Bertz CT molecular complexity index is 667. The molecule has 17 heavy (non-hydrogen) atoms. The molecule has 1 aromatic heterocycles. The van der Waals surface area contributed by atoms with Gasteiger partial charge in [-0.05, 0) is 22.9 Å². The van der Waals surface area contributed by atoms with Gasteiger partial charge in [0.2, 0.25) is 0 Å². The average Bonchev–Trinajstić information content (AvgIpc) is 2.87. The Kier molecular flexibility index (Phi) is 2.50. The van der Waals surface area contributed by atoms with Crippen molar-refractivity contribution in [3.63, 3.8) is 0 Å². The molecule has 0 atom stereocenters. The molecule has 3 aromatic rings. The van der Waals surface area contributed by atoms with E-state index in [0.717, 1.165) is 21.2 Å². The monoisotopic (exact) mass is 238 g/mol. The van der Waals surface area contributed by atoms with Crippen LogP contribution in [-0.2, 0) is 0 Å². The topological polar surface area (TPSA) is 17.1 Å². The molecule has 0 fully saturated rings. The van der Waals surface area contributed by atoms with Crippen LogP contribution in [0.15, 0.2) is 60.0 Å². The molecule has 0 saturated heterocycles. The standard InChI is InChI=1S/C15H10OS/c16-14(11-5-2-1-3-6-11)13-8-4-7-12-9-10-17-15(12)13/h1-10H. The Hall–Kier alpha value is -1.93. The van der Waals surface area contributed by atoms with Gasteiger partial charge in [0.25, 0.3) is 0 Å². The average molecular weight is 238 g/mol. The number of hydrogen-bond acceptors (Lipinski definition) is 2. The molecule has 2 aromatic carbocycles. The van der Waals surface area contributed by atoms with Crippen LogP contribution in [0.3, 0.4) is 0 Å². The van der Waals surface area contributed by atoms with Gasteiger partial charge in [-0.15, -0.1) is 11.3 Å². The van der Waals surface area contributed by atoms with Crippen molar-refractivity contribution in [3.05, 3.63) is 71.1 Å². The summed E-state index contributed by atoms with van der Waals surface area (Å²) in [6.07, 6.45) is 0. The first-order chi connectivity index (χ1) is 8.36. The van der Waals surface area contributed by atoms with Crippen molar-refractivity contribution < 1.29 is 4.79 Å². The molecule has 82 valence electrons. The fourth-order valence-electron chi connectivity index (χ4n) is 1.92. The third kappa shape index (κ3) is 1.77. The second-order valence-corrected chi connectivity index (χ2v) is 4.76. The second-order valence-electron chi connectivity index (χ2n) is 3.84. The summed E-state index contributed by atoms with van der Waals surface area (Å²) in [6, 6.07) is 17.3. The zero-order valence-corrected chi connectivity index (χ0v) is 9.91. The molecular weight excluding hydrogens is 228 g/mol. The fraction of sp³-hybridized carbons (Fsp3) is 0. The van der Waals surface area contributed by atoms with Crippen molar-refractivity contribution in [1.82, 2.24) is 0 Å². The Balaban J connectivity index is 2.16. The number of carbonyl (C=O) groups is 1. The van der Waals surface area contributed by atoms with Crippen LogP contribution in [0.25, 0.3) is 10.1 Å². The molecule has 0 aliphatic heterocycles. The number of ketones is 1. The second kappa shape index (κ2) is 4.15. The van der Waals surface area contributed by atoms with Crippen LogP contribution in [0, 0.1) is 0 Å². The minimum atomic E-state index is 0.0960. The number of benzene rings is 2. The zero-order valence-electron chi connectivity index (χ0n) is 9.09. The largest absolute Gasteiger partial charge is 0.289 e. The predicted molar refractivity (Wildman–Crippen MR) is 71.7 cm³/mol. The normalized spacial score (nSPS) is 10.6. The van der Waals surface area contributed by atoms with Gasteiger partial charge in [0.05, 0.1) is 0 Å². The molecule has 1 heterocycles. The van der Waals surface area contributed by atoms with E-state index in [1.807, 2.05) is 60.0 Å². The summed E-state index contributed by atoms with van der Waals surface area (Å²) < 4.78 is 1.07. The van der Waals surface area contributed by atoms with E-state index in [1.165, 1.54) is 0 Å². The van der Waals surface area contributed by atoms with E-state index >= 15 is 0 Å². The Labute approximate surface area is 103 Å². The fourth-order valence-corrected chi connectivity index (χ4v) is 2.83. The first kappa shape index (κ1) is 10.2. The summed E-state index contributed by atoms with van der Waals surface area (Å²) in [5, 5.41) is 3.16. The lowest BCUT2D eigenvalue weighted by atomic mass is 10.0.